The quantitative estimate of drug-likeness (QED) is 0.233. The van der Waals surface area contributed by atoms with Crippen LogP contribution in [0.2, 0.25) is 0 Å². The van der Waals surface area contributed by atoms with Crippen molar-refractivity contribution in [3.05, 3.63) is 121 Å². The smallest absolute Gasteiger partial charge is 0.332 e. The van der Waals surface area contributed by atoms with Gasteiger partial charge in [0.25, 0.3) is 5.56 Å². The summed E-state index contributed by atoms with van der Waals surface area (Å²) >= 11 is 3.38. The highest BCUT2D eigenvalue weighted by molar-refractivity contribution is 9.10. The number of rotatable bonds is 7. The zero-order chi connectivity index (χ0) is 25.9. The van der Waals surface area contributed by atoms with Crippen LogP contribution in [0.5, 0.6) is 5.75 Å². The molecule has 0 spiro atoms. The topological polar surface area (TPSA) is 106 Å². The number of phenols is 1. The predicted octanol–water partition coefficient (Wildman–Crippen LogP) is 3.91. The molecule has 0 atom stereocenters. The van der Waals surface area contributed by atoms with Crippen LogP contribution >= 0.6 is 15.9 Å². The number of hydrazone groups is 1. The molecule has 0 radical (unpaired) electrons. The van der Waals surface area contributed by atoms with Gasteiger partial charge in [0.2, 0.25) is 5.95 Å². The Bertz CT molecular complexity index is 1720. The molecule has 186 valence electrons. The van der Waals surface area contributed by atoms with Crippen molar-refractivity contribution >= 4 is 39.3 Å². The lowest BCUT2D eigenvalue weighted by molar-refractivity contribution is 0.474. The second-order valence-corrected chi connectivity index (χ2v) is 9.39. The third-order valence-electron chi connectivity index (χ3n) is 5.96. The third-order valence-corrected chi connectivity index (χ3v) is 6.45. The van der Waals surface area contributed by atoms with Crippen molar-refractivity contribution < 1.29 is 5.11 Å². The van der Waals surface area contributed by atoms with E-state index >= 15 is 0 Å². The molecule has 0 saturated heterocycles. The van der Waals surface area contributed by atoms with Crippen LogP contribution in [0.25, 0.3) is 11.2 Å². The molecule has 9 nitrogen and oxygen atoms in total. The van der Waals surface area contributed by atoms with Crippen molar-refractivity contribution in [3.63, 3.8) is 0 Å². The number of halogens is 1. The van der Waals surface area contributed by atoms with Crippen LogP contribution in [0, 0.1) is 0 Å². The maximum atomic E-state index is 13.7. The fourth-order valence-electron chi connectivity index (χ4n) is 4.07. The summed E-state index contributed by atoms with van der Waals surface area (Å²) in [6.45, 7) is 0.470. The second kappa shape index (κ2) is 10.3. The molecule has 0 unspecified atom stereocenters. The molecule has 2 heterocycles. The zero-order valence-electron chi connectivity index (χ0n) is 19.9. The number of aromatic nitrogens is 4. The average Bonchev–Trinajstić information content (AvgIpc) is 3.26. The molecule has 0 aliphatic carbocycles. The van der Waals surface area contributed by atoms with Crippen LogP contribution in [-0.4, -0.2) is 30.0 Å². The van der Waals surface area contributed by atoms with Crippen molar-refractivity contribution in [2.75, 3.05) is 5.43 Å². The molecule has 0 aliphatic heterocycles. The maximum absolute atomic E-state index is 13.7. The summed E-state index contributed by atoms with van der Waals surface area (Å²) < 4.78 is 5.09. The molecule has 0 aliphatic rings. The number of phenolic OH excluding ortho intramolecular Hbond substituents is 1. The molecule has 3 aromatic carbocycles. The van der Waals surface area contributed by atoms with Gasteiger partial charge in [-0.3, -0.25) is 18.5 Å². The highest BCUT2D eigenvalue weighted by Crippen LogP contribution is 2.21. The normalized spacial score (nSPS) is 11.4. The van der Waals surface area contributed by atoms with Crippen LogP contribution < -0.4 is 16.7 Å². The number of nitrogens with one attached hydrogen (secondary N) is 1. The number of hydrogen-bond acceptors (Lipinski definition) is 6. The minimum absolute atomic E-state index is 0.0673. The van der Waals surface area contributed by atoms with Crippen molar-refractivity contribution in [1.82, 2.24) is 18.7 Å². The van der Waals surface area contributed by atoms with Crippen molar-refractivity contribution in [3.8, 4) is 5.75 Å². The number of anilines is 1. The van der Waals surface area contributed by atoms with Crippen LogP contribution in [0.3, 0.4) is 0 Å². The van der Waals surface area contributed by atoms with E-state index in [1.165, 1.54) is 15.3 Å². The minimum Gasteiger partial charge on any atom is -0.507 e. The van der Waals surface area contributed by atoms with Gasteiger partial charge in [-0.05, 0) is 29.3 Å². The SMILES string of the molecule is Cn1c(=O)n(Cc2ccccc2)c(=O)c2c1nc(N/N=C\c1cc(Br)ccc1O)n2Cc1ccccc1. The summed E-state index contributed by atoms with van der Waals surface area (Å²) in [5.41, 5.74) is 4.80. The Balaban J connectivity index is 1.63. The Morgan fingerprint density at radius 1 is 0.946 bits per heavy atom. The van der Waals surface area contributed by atoms with E-state index in [4.69, 9.17) is 0 Å². The van der Waals surface area contributed by atoms with Gasteiger partial charge in [-0.15, -0.1) is 0 Å². The zero-order valence-corrected chi connectivity index (χ0v) is 21.5. The van der Waals surface area contributed by atoms with E-state index in [1.54, 1.807) is 29.8 Å². The van der Waals surface area contributed by atoms with E-state index in [2.05, 4.69) is 31.4 Å². The van der Waals surface area contributed by atoms with Gasteiger partial charge >= 0.3 is 5.69 Å². The number of hydrogen-bond donors (Lipinski definition) is 2. The lowest BCUT2D eigenvalue weighted by Crippen LogP contribution is -2.40. The summed E-state index contributed by atoms with van der Waals surface area (Å²) in [4.78, 5) is 31.4. The van der Waals surface area contributed by atoms with E-state index in [0.717, 1.165) is 15.6 Å². The number of fused-ring (bicyclic) bond motifs is 1. The molecule has 5 aromatic rings. The lowest BCUT2D eigenvalue weighted by atomic mass is 10.2. The minimum atomic E-state index is -0.458. The van der Waals surface area contributed by atoms with E-state index < -0.39 is 11.2 Å². The fraction of sp³-hybridized carbons (Fsp3) is 0.111. The first kappa shape index (κ1) is 24.3. The fourth-order valence-corrected chi connectivity index (χ4v) is 4.45. The van der Waals surface area contributed by atoms with Crippen molar-refractivity contribution in [2.24, 2.45) is 12.1 Å². The highest BCUT2D eigenvalue weighted by atomic mass is 79.9. The molecule has 0 bridgehead atoms. The lowest BCUT2D eigenvalue weighted by Gasteiger charge is -2.11. The van der Waals surface area contributed by atoms with Crippen LogP contribution in [0.15, 0.2) is 98.0 Å². The largest absolute Gasteiger partial charge is 0.507 e. The van der Waals surface area contributed by atoms with Gasteiger partial charge < -0.3 is 5.11 Å². The molecule has 5 rings (SSSR count). The third kappa shape index (κ3) is 4.96. The van der Waals surface area contributed by atoms with Crippen molar-refractivity contribution in [2.45, 2.75) is 13.1 Å². The summed E-state index contributed by atoms with van der Waals surface area (Å²) in [6, 6.07) is 24.0. The molecular weight excluding hydrogens is 536 g/mol. The first-order chi connectivity index (χ1) is 17.9. The second-order valence-electron chi connectivity index (χ2n) is 8.47. The van der Waals surface area contributed by atoms with Gasteiger partial charge in [0.15, 0.2) is 11.2 Å². The summed E-state index contributed by atoms with van der Waals surface area (Å²) in [5.74, 6) is 0.354. The van der Waals surface area contributed by atoms with Crippen LogP contribution in [0.1, 0.15) is 16.7 Å². The Morgan fingerprint density at radius 3 is 2.22 bits per heavy atom. The monoisotopic (exact) mass is 558 g/mol. The van der Waals surface area contributed by atoms with E-state index in [0.29, 0.717) is 12.1 Å². The van der Waals surface area contributed by atoms with Crippen molar-refractivity contribution in [1.29, 1.82) is 0 Å². The molecule has 2 aromatic heterocycles. The Kier molecular flexibility index (Phi) is 6.74. The molecule has 2 N–H and O–H groups in total. The maximum Gasteiger partial charge on any atom is 0.332 e. The molecule has 10 heteroatoms. The standard InChI is InChI=1S/C27H23BrN6O3/c1-32-24-23(25(36)34(27(32)37)17-19-10-6-3-7-11-19)33(16-18-8-4-2-5-9-18)26(30-24)31-29-15-20-14-21(28)12-13-22(20)35/h2-15,35H,16-17H2,1H3,(H,30,31)/b29-15-. The van der Waals surface area contributed by atoms with Gasteiger partial charge in [-0.2, -0.15) is 10.1 Å². The Labute approximate surface area is 220 Å². The van der Waals surface area contributed by atoms with Gasteiger partial charge in [-0.1, -0.05) is 76.6 Å². The van der Waals surface area contributed by atoms with Gasteiger partial charge in [-0.25, -0.2) is 10.2 Å². The van der Waals surface area contributed by atoms with Crippen LogP contribution in [-0.2, 0) is 20.1 Å². The molecule has 0 fully saturated rings. The summed E-state index contributed by atoms with van der Waals surface area (Å²) in [7, 11) is 1.60. The average molecular weight is 559 g/mol. The first-order valence-electron chi connectivity index (χ1n) is 11.5. The predicted molar refractivity (Wildman–Crippen MR) is 147 cm³/mol. The molecule has 0 amide bonds. The Hall–Kier alpha value is -4.44. The number of benzene rings is 3. The van der Waals surface area contributed by atoms with E-state index in [1.807, 2.05) is 60.7 Å². The van der Waals surface area contributed by atoms with Gasteiger partial charge in [0.05, 0.1) is 19.3 Å². The van der Waals surface area contributed by atoms with E-state index in [-0.39, 0.29) is 29.4 Å². The molecule has 0 saturated carbocycles. The molecule has 37 heavy (non-hydrogen) atoms. The first-order valence-corrected chi connectivity index (χ1v) is 12.3. The number of nitrogens with zero attached hydrogens (tertiary/aromatic N) is 5. The number of imidazole rings is 1. The van der Waals surface area contributed by atoms with Gasteiger partial charge in [0, 0.05) is 17.1 Å². The number of aromatic hydroxyl groups is 1. The van der Waals surface area contributed by atoms with Gasteiger partial charge in [0.1, 0.15) is 5.75 Å². The Morgan fingerprint density at radius 2 is 1.57 bits per heavy atom. The molecular formula is C27H23BrN6O3. The summed E-state index contributed by atoms with van der Waals surface area (Å²) in [6.07, 6.45) is 1.46. The van der Waals surface area contributed by atoms with E-state index in [9.17, 15) is 14.7 Å². The highest BCUT2D eigenvalue weighted by Gasteiger charge is 2.20. The summed E-state index contributed by atoms with van der Waals surface area (Å²) in [5, 5.41) is 14.4. The van der Waals surface area contributed by atoms with Crippen LogP contribution in [0.4, 0.5) is 5.95 Å². The number of aryl methyl sites for hydroxylation is 1.